The molecule has 0 fully saturated rings. The highest BCUT2D eigenvalue weighted by atomic mass is 35.5. The number of anilines is 2. The number of hydrogen-bond donors (Lipinski definition) is 2. The van der Waals surface area contributed by atoms with Gasteiger partial charge < -0.3 is 15.5 Å². The molecule has 0 spiro atoms. The molecule has 0 radical (unpaired) electrons. The highest BCUT2D eigenvalue weighted by Crippen LogP contribution is 2.25. The molecule has 3 N–H and O–H groups in total. The van der Waals surface area contributed by atoms with Gasteiger partial charge in [0, 0.05) is 28.0 Å². The van der Waals surface area contributed by atoms with Crippen LogP contribution in [0.2, 0.25) is 5.02 Å². The highest BCUT2D eigenvalue weighted by Gasteiger charge is 2.04. The second kappa shape index (κ2) is 7.06. The molecule has 0 saturated heterocycles. The van der Waals surface area contributed by atoms with Crippen molar-refractivity contribution in [1.82, 2.24) is 0 Å². The van der Waals surface area contributed by atoms with Gasteiger partial charge in [-0.25, -0.2) is 0 Å². The number of nitrogens with two attached hydrogens (primary N) is 1. The minimum Gasteiger partial charge on any atom is -0.457 e. The van der Waals surface area contributed by atoms with Crippen molar-refractivity contribution >= 4 is 35.0 Å². The SMILES string of the molecule is Nc1ccc(NC(=O)/C=C/c2ccc(-c3cccc(Cl)c3)o2)cc1. The first-order valence-electron chi connectivity index (χ1n) is 7.30. The Morgan fingerprint density at radius 1 is 1.08 bits per heavy atom. The van der Waals surface area contributed by atoms with Crippen molar-refractivity contribution in [3.63, 3.8) is 0 Å². The number of benzene rings is 2. The Hall–Kier alpha value is -2.98. The van der Waals surface area contributed by atoms with Crippen molar-refractivity contribution in [3.8, 4) is 11.3 Å². The van der Waals surface area contributed by atoms with Gasteiger partial charge >= 0.3 is 0 Å². The smallest absolute Gasteiger partial charge is 0.248 e. The molecule has 5 heteroatoms. The van der Waals surface area contributed by atoms with Crippen molar-refractivity contribution in [2.24, 2.45) is 0 Å². The predicted octanol–water partition coefficient (Wildman–Crippen LogP) is 4.83. The van der Waals surface area contributed by atoms with Crippen molar-refractivity contribution < 1.29 is 9.21 Å². The van der Waals surface area contributed by atoms with Crippen molar-refractivity contribution in [3.05, 3.63) is 77.5 Å². The van der Waals surface area contributed by atoms with E-state index >= 15 is 0 Å². The van der Waals surface area contributed by atoms with Crippen LogP contribution in [0.1, 0.15) is 5.76 Å². The summed E-state index contributed by atoms with van der Waals surface area (Å²) in [5, 5.41) is 3.39. The summed E-state index contributed by atoms with van der Waals surface area (Å²) in [6, 6.07) is 18.0. The Morgan fingerprint density at radius 3 is 2.62 bits per heavy atom. The van der Waals surface area contributed by atoms with Crippen LogP contribution in [-0.4, -0.2) is 5.91 Å². The summed E-state index contributed by atoms with van der Waals surface area (Å²) >= 11 is 5.97. The topological polar surface area (TPSA) is 68.3 Å². The number of carbonyl (C=O) groups is 1. The van der Waals surface area contributed by atoms with Gasteiger partial charge in [-0.2, -0.15) is 0 Å². The van der Waals surface area contributed by atoms with E-state index in [1.807, 2.05) is 24.3 Å². The fraction of sp³-hybridized carbons (Fsp3) is 0. The van der Waals surface area contributed by atoms with Gasteiger partial charge in [-0.3, -0.25) is 4.79 Å². The summed E-state index contributed by atoms with van der Waals surface area (Å²) in [5.74, 6) is 1.02. The minimum atomic E-state index is -0.250. The molecular weight excluding hydrogens is 324 g/mol. The summed E-state index contributed by atoms with van der Waals surface area (Å²) in [4.78, 5) is 11.9. The van der Waals surface area contributed by atoms with Gasteiger partial charge in [-0.05, 0) is 54.6 Å². The molecule has 0 saturated carbocycles. The van der Waals surface area contributed by atoms with E-state index in [4.69, 9.17) is 21.8 Å². The lowest BCUT2D eigenvalue weighted by atomic mass is 10.2. The maximum absolute atomic E-state index is 11.9. The third-order valence-corrected chi connectivity index (χ3v) is 3.55. The first-order chi connectivity index (χ1) is 11.6. The Morgan fingerprint density at radius 2 is 1.88 bits per heavy atom. The van der Waals surface area contributed by atoms with Crippen molar-refractivity contribution in [1.29, 1.82) is 0 Å². The van der Waals surface area contributed by atoms with E-state index in [0.717, 1.165) is 5.56 Å². The van der Waals surface area contributed by atoms with Crippen LogP contribution in [0.5, 0.6) is 0 Å². The van der Waals surface area contributed by atoms with Gasteiger partial charge in [-0.1, -0.05) is 23.7 Å². The molecule has 3 aromatic rings. The van der Waals surface area contributed by atoms with Crippen LogP contribution < -0.4 is 11.1 Å². The van der Waals surface area contributed by atoms with E-state index in [-0.39, 0.29) is 5.91 Å². The molecule has 4 nitrogen and oxygen atoms in total. The van der Waals surface area contributed by atoms with Crippen LogP contribution in [0.15, 0.2) is 71.2 Å². The minimum absolute atomic E-state index is 0.250. The first-order valence-corrected chi connectivity index (χ1v) is 7.68. The van der Waals surface area contributed by atoms with Gasteiger partial charge in [0.15, 0.2) is 0 Å². The van der Waals surface area contributed by atoms with E-state index in [1.165, 1.54) is 6.08 Å². The second-order valence-electron chi connectivity index (χ2n) is 5.16. The van der Waals surface area contributed by atoms with E-state index in [9.17, 15) is 4.79 Å². The Balaban J connectivity index is 1.66. The van der Waals surface area contributed by atoms with Crippen LogP contribution in [0.25, 0.3) is 17.4 Å². The van der Waals surface area contributed by atoms with Gasteiger partial charge in [0.1, 0.15) is 11.5 Å². The average Bonchev–Trinajstić information content (AvgIpc) is 3.04. The summed E-state index contributed by atoms with van der Waals surface area (Å²) in [7, 11) is 0. The standard InChI is InChI=1S/C19H15ClN2O2/c20-14-3-1-2-13(12-14)18-10-8-17(24-18)9-11-19(23)22-16-6-4-15(21)5-7-16/h1-12H,21H2,(H,22,23)/b11-9+. The molecule has 1 heterocycles. The molecule has 2 aromatic carbocycles. The summed E-state index contributed by atoms with van der Waals surface area (Å²) in [6.45, 7) is 0. The zero-order valence-electron chi connectivity index (χ0n) is 12.7. The molecule has 0 aliphatic heterocycles. The largest absolute Gasteiger partial charge is 0.457 e. The number of nitrogens with one attached hydrogen (secondary N) is 1. The van der Waals surface area contributed by atoms with Crippen LogP contribution in [0.4, 0.5) is 11.4 Å². The third-order valence-electron chi connectivity index (χ3n) is 3.31. The predicted molar refractivity (Wildman–Crippen MR) is 97.7 cm³/mol. The van der Waals surface area contributed by atoms with Gasteiger partial charge in [0.05, 0.1) is 0 Å². The van der Waals surface area contributed by atoms with Crippen molar-refractivity contribution in [2.45, 2.75) is 0 Å². The number of nitrogen functional groups attached to an aromatic ring is 1. The van der Waals surface area contributed by atoms with E-state index in [0.29, 0.717) is 27.9 Å². The van der Waals surface area contributed by atoms with Crippen molar-refractivity contribution in [2.75, 3.05) is 11.1 Å². The quantitative estimate of drug-likeness (QED) is 0.528. The summed E-state index contributed by atoms with van der Waals surface area (Å²) < 4.78 is 5.70. The monoisotopic (exact) mass is 338 g/mol. The zero-order valence-corrected chi connectivity index (χ0v) is 13.5. The lowest BCUT2D eigenvalue weighted by Gasteiger charge is -2.01. The molecule has 1 amide bonds. The lowest BCUT2D eigenvalue weighted by Crippen LogP contribution is -2.07. The van der Waals surface area contributed by atoms with Gasteiger partial charge in [0.2, 0.25) is 5.91 Å². The zero-order chi connectivity index (χ0) is 16.9. The highest BCUT2D eigenvalue weighted by molar-refractivity contribution is 6.30. The fourth-order valence-corrected chi connectivity index (χ4v) is 2.34. The van der Waals surface area contributed by atoms with Crippen LogP contribution in [0, 0.1) is 0 Å². The maximum Gasteiger partial charge on any atom is 0.248 e. The summed E-state index contributed by atoms with van der Waals surface area (Å²) in [6.07, 6.45) is 3.03. The molecule has 0 atom stereocenters. The molecule has 0 aliphatic carbocycles. The Kier molecular flexibility index (Phi) is 4.68. The normalized spacial score (nSPS) is 10.9. The van der Waals surface area contributed by atoms with E-state index in [2.05, 4.69) is 5.32 Å². The average molecular weight is 339 g/mol. The number of furan rings is 1. The number of halogens is 1. The van der Waals surface area contributed by atoms with Crippen LogP contribution >= 0.6 is 11.6 Å². The first kappa shape index (κ1) is 15.9. The summed E-state index contributed by atoms with van der Waals surface area (Å²) in [5.41, 5.74) is 7.81. The molecular formula is C19H15ClN2O2. The van der Waals surface area contributed by atoms with Crippen LogP contribution in [-0.2, 0) is 4.79 Å². The Labute approximate surface area is 144 Å². The number of amides is 1. The van der Waals surface area contributed by atoms with Gasteiger partial charge in [-0.15, -0.1) is 0 Å². The maximum atomic E-state index is 11.9. The molecule has 0 aliphatic rings. The number of carbonyl (C=O) groups excluding carboxylic acids is 1. The fourth-order valence-electron chi connectivity index (χ4n) is 2.15. The van der Waals surface area contributed by atoms with E-state index < -0.39 is 0 Å². The second-order valence-corrected chi connectivity index (χ2v) is 5.59. The van der Waals surface area contributed by atoms with E-state index in [1.54, 1.807) is 42.5 Å². The molecule has 1 aromatic heterocycles. The van der Waals surface area contributed by atoms with Gasteiger partial charge in [0.25, 0.3) is 0 Å². The van der Waals surface area contributed by atoms with Crippen LogP contribution in [0.3, 0.4) is 0 Å². The molecule has 0 unspecified atom stereocenters. The Bertz CT molecular complexity index is 882. The molecule has 0 bridgehead atoms. The number of hydrogen-bond acceptors (Lipinski definition) is 3. The number of rotatable bonds is 4. The third kappa shape index (κ3) is 4.06. The molecule has 24 heavy (non-hydrogen) atoms. The molecule has 3 rings (SSSR count). The molecule has 120 valence electrons. The lowest BCUT2D eigenvalue weighted by molar-refractivity contribution is -0.111.